The van der Waals surface area contributed by atoms with Crippen LogP contribution in [0.5, 0.6) is 11.5 Å². The van der Waals surface area contributed by atoms with E-state index >= 15 is 0 Å². The molecule has 2 aliphatic heterocycles. The zero-order chi connectivity index (χ0) is 26.4. The van der Waals surface area contributed by atoms with E-state index < -0.39 is 53.8 Å². The number of aromatic nitrogens is 4. The van der Waals surface area contributed by atoms with Gasteiger partial charge in [0.25, 0.3) is 11.2 Å². The Kier molecular flexibility index (Phi) is 6.12. The van der Waals surface area contributed by atoms with Crippen LogP contribution in [0.1, 0.15) is 24.8 Å². The van der Waals surface area contributed by atoms with Crippen molar-refractivity contribution in [3.63, 3.8) is 0 Å². The van der Waals surface area contributed by atoms with Gasteiger partial charge in [-0.1, -0.05) is 0 Å². The van der Waals surface area contributed by atoms with Crippen LogP contribution in [0.3, 0.4) is 0 Å². The summed E-state index contributed by atoms with van der Waals surface area (Å²) < 4.78 is 22.3. The molecule has 17 nitrogen and oxygen atoms in total. The number of hydrogen-bond acceptors (Lipinski definition) is 13. The minimum atomic E-state index is -1.46. The van der Waals surface area contributed by atoms with Gasteiger partial charge >= 0.3 is 6.09 Å². The van der Waals surface area contributed by atoms with Gasteiger partial charge in [-0.25, -0.2) is 9.78 Å². The summed E-state index contributed by atoms with van der Waals surface area (Å²) in [4.78, 5) is 46.2. The third-order valence-electron chi connectivity index (χ3n) is 5.88. The number of carbonyl (C=O) groups is 1. The molecule has 37 heavy (non-hydrogen) atoms. The van der Waals surface area contributed by atoms with Gasteiger partial charge in [-0.2, -0.15) is 4.98 Å². The molecule has 0 spiro atoms. The molecule has 17 heteroatoms. The van der Waals surface area contributed by atoms with Crippen LogP contribution in [0.4, 0.5) is 16.4 Å². The number of benzene rings is 1. The molecule has 0 bridgehead atoms. The number of amides is 1. The highest BCUT2D eigenvalue weighted by molar-refractivity contribution is 5.84. The van der Waals surface area contributed by atoms with Gasteiger partial charge in [-0.3, -0.25) is 29.8 Å². The van der Waals surface area contributed by atoms with E-state index in [-0.39, 0.29) is 46.7 Å². The summed E-state index contributed by atoms with van der Waals surface area (Å²) >= 11 is 0. The van der Waals surface area contributed by atoms with Gasteiger partial charge in [0.1, 0.15) is 24.4 Å². The molecule has 2 aliphatic rings. The largest absolute Gasteiger partial charge is 0.454 e. The SMILES string of the molecule is CC(OC(=O)Nc1nc2c(ncn2[C@@H]2O[C@H](CO)C(O)C2O)c(=O)[nH]1)c1cc2c(cc1[N+](=O)[O-])OCO2. The lowest BCUT2D eigenvalue weighted by atomic mass is 10.1. The molecule has 196 valence electrons. The molecule has 0 saturated carbocycles. The van der Waals surface area contributed by atoms with E-state index in [1.54, 1.807) is 0 Å². The first kappa shape index (κ1) is 24.4. The van der Waals surface area contributed by atoms with Crippen LogP contribution in [-0.2, 0) is 9.47 Å². The number of nitro groups is 1. The number of ether oxygens (including phenoxy) is 4. The number of hydrogen-bond donors (Lipinski definition) is 5. The summed E-state index contributed by atoms with van der Waals surface area (Å²) in [6.07, 6.45) is -6.22. The molecular weight excluding hydrogens is 500 g/mol. The lowest BCUT2D eigenvalue weighted by molar-refractivity contribution is -0.386. The summed E-state index contributed by atoms with van der Waals surface area (Å²) in [7, 11) is 0. The highest BCUT2D eigenvalue weighted by atomic mass is 16.7. The van der Waals surface area contributed by atoms with Crippen molar-refractivity contribution in [3.05, 3.63) is 44.5 Å². The predicted octanol–water partition coefficient (Wildman–Crippen LogP) is -0.322. The molecule has 1 fully saturated rings. The van der Waals surface area contributed by atoms with Crippen LogP contribution in [0.15, 0.2) is 23.3 Å². The minimum absolute atomic E-state index is 0.0451. The number of rotatable bonds is 6. The van der Waals surface area contributed by atoms with Crippen LogP contribution in [0.25, 0.3) is 11.2 Å². The van der Waals surface area contributed by atoms with Gasteiger partial charge in [0.05, 0.1) is 29.5 Å². The number of nitrogens with zero attached hydrogens (tertiary/aromatic N) is 4. The Balaban J connectivity index is 1.37. The first-order valence-corrected chi connectivity index (χ1v) is 10.8. The Labute approximate surface area is 205 Å². The van der Waals surface area contributed by atoms with E-state index in [0.717, 1.165) is 6.33 Å². The van der Waals surface area contributed by atoms with Gasteiger partial charge in [-0.05, 0) is 13.0 Å². The van der Waals surface area contributed by atoms with Gasteiger partial charge in [0, 0.05) is 0 Å². The van der Waals surface area contributed by atoms with E-state index in [1.807, 2.05) is 0 Å². The number of carbonyl (C=O) groups excluding carboxylic acids is 1. The summed E-state index contributed by atoms with van der Waals surface area (Å²) in [6.45, 7) is 0.736. The number of fused-ring (bicyclic) bond motifs is 2. The number of imidazole rings is 1. The number of H-pyrrole nitrogens is 1. The van der Waals surface area contributed by atoms with Crippen molar-refractivity contribution in [1.29, 1.82) is 0 Å². The van der Waals surface area contributed by atoms with Gasteiger partial charge in [-0.15, -0.1) is 0 Å². The number of anilines is 1. The Hall–Kier alpha value is -4.32. The van der Waals surface area contributed by atoms with E-state index in [2.05, 4.69) is 20.3 Å². The lowest BCUT2D eigenvalue weighted by Crippen LogP contribution is -2.33. The van der Waals surface area contributed by atoms with E-state index in [0.29, 0.717) is 0 Å². The smallest absolute Gasteiger partial charge is 0.414 e. The second-order valence-corrected chi connectivity index (χ2v) is 8.16. The Bertz CT molecular complexity index is 1440. The van der Waals surface area contributed by atoms with Crippen molar-refractivity contribution in [2.75, 3.05) is 18.7 Å². The van der Waals surface area contributed by atoms with Crippen LogP contribution in [0.2, 0.25) is 0 Å². The second kappa shape index (κ2) is 9.28. The highest BCUT2D eigenvalue weighted by Crippen LogP contribution is 2.41. The fourth-order valence-electron chi connectivity index (χ4n) is 4.06. The number of aromatic amines is 1. The van der Waals surface area contributed by atoms with Crippen molar-refractivity contribution in [1.82, 2.24) is 19.5 Å². The minimum Gasteiger partial charge on any atom is -0.454 e. The quantitative estimate of drug-likeness (QED) is 0.207. The maximum atomic E-state index is 12.5. The van der Waals surface area contributed by atoms with Crippen molar-refractivity contribution in [2.24, 2.45) is 0 Å². The summed E-state index contributed by atoms with van der Waals surface area (Å²) in [5.74, 6) is 0.0856. The van der Waals surface area contributed by atoms with Crippen molar-refractivity contribution in [2.45, 2.75) is 37.6 Å². The molecule has 3 unspecified atom stereocenters. The summed E-state index contributed by atoms with van der Waals surface area (Å²) in [5.41, 5.74) is -1.30. The first-order valence-electron chi connectivity index (χ1n) is 10.8. The van der Waals surface area contributed by atoms with E-state index in [1.165, 1.54) is 23.6 Å². The molecule has 0 radical (unpaired) electrons. The standard InChI is InChI=1S/C20H20N6O11/c1-7(8-2-10-11(35-6-34-10)3-9(8)26(32)33)36-20(31)24-19-22-16-13(17(30)23-19)21-5-25(16)18-15(29)14(28)12(4-27)37-18/h2-3,5,7,12,14-15,18,27-29H,4,6H2,1H3,(H2,22,23,24,30,31)/t7?,12-,14?,15?,18-/m1/s1. The van der Waals surface area contributed by atoms with Crippen LogP contribution >= 0.6 is 0 Å². The number of aliphatic hydroxyl groups excluding tert-OH is 3. The highest BCUT2D eigenvalue weighted by Gasteiger charge is 2.44. The maximum Gasteiger partial charge on any atom is 0.414 e. The normalized spacial score (nSPS) is 23.2. The Morgan fingerprint density at radius 1 is 1.35 bits per heavy atom. The zero-order valence-electron chi connectivity index (χ0n) is 18.9. The van der Waals surface area contributed by atoms with Crippen molar-refractivity contribution in [3.8, 4) is 11.5 Å². The molecule has 1 saturated heterocycles. The summed E-state index contributed by atoms with van der Waals surface area (Å²) in [6, 6.07) is 2.51. The molecular formula is C20H20N6O11. The van der Waals surface area contributed by atoms with Gasteiger partial charge in [0.15, 0.2) is 28.9 Å². The Morgan fingerprint density at radius 3 is 2.76 bits per heavy atom. The molecule has 1 amide bonds. The Morgan fingerprint density at radius 2 is 2.08 bits per heavy atom. The monoisotopic (exact) mass is 520 g/mol. The average molecular weight is 520 g/mol. The topological polar surface area (TPSA) is 233 Å². The van der Waals surface area contributed by atoms with Crippen LogP contribution in [-0.4, -0.2) is 77.6 Å². The van der Waals surface area contributed by atoms with Crippen molar-refractivity contribution >= 4 is 28.9 Å². The van der Waals surface area contributed by atoms with Crippen LogP contribution < -0.4 is 20.3 Å². The van der Waals surface area contributed by atoms with Gasteiger partial charge in [0.2, 0.25) is 12.7 Å². The fraction of sp³-hybridized carbons (Fsp3) is 0.400. The summed E-state index contributed by atoms with van der Waals surface area (Å²) in [5, 5.41) is 43.4. The molecule has 0 aliphatic carbocycles. The molecule has 3 aromatic rings. The molecule has 5 rings (SSSR count). The molecule has 5 N–H and O–H groups in total. The fourth-order valence-corrected chi connectivity index (χ4v) is 4.06. The van der Waals surface area contributed by atoms with Crippen molar-refractivity contribution < 1.29 is 44.0 Å². The van der Waals surface area contributed by atoms with Crippen LogP contribution in [0, 0.1) is 10.1 Å². The molecule has 4 heterocycles. The third-order valence-corrected chi connectivity index (χ3v) is 5.88. The van der Waals surface area contributed by atoms with E-state index in [4.69, 9.17) is 18.9 Å². The first-order chi connectivity index (χ1) is 17.7. The average Bonchev–Trinajstić information content (AvgIpc) is 3.56. The van der Waals surface area contributed by atoms with E-state index in [9.17, 15) is 35.0 Å². The third kappa shape index (κ3) is 4.29. The molecule has 5 atom stereocenters. The van der Waals surface area contributed by atoms with Gasteiger partial charge < -0.3 is 34.3 Å². The molecule has 1 aromatic carbocycles. The predicted molar refractivity (Wildman–Crippen MR) is 119 cm³/mol. The molecule has 2 aromatic heterocycles. The zero-order valence-corrected chi connectivity index (χ0v) is 18.9. The second-order valence-electron chi connectivity index (χ2n) is 8.16. The number of aliphatic hydroxyl groups is 3. The number of nitrogens with one attached hydrogen (secondary N) is 2. The maximum absolute atomic E-state index is 12.5. The lowest BCUT2D eigenvalue weighted by Gasteiger charge is -2.17. The number of nitro benzene ring substituents is 1.